The van der Waals surface area contributed by atoms with Crippen molar-refractivity contribution in [2.75, 3.05) is 0 Å². The smallest absolute Gasteiger partial charge is 0.274 e. The van der Waals surface area contributed by atoms with E-state index >= 15 is 0 Å². The van der Waals surface area contributed by atoms with Crippen LogP contribution >= 0.6 is 0 Å². The fourth-order valence-corrected chi connectivity index (χ4v) is 3.16. The van der Waals surface area contributed by atoms with E-state index in [0.29, 0.717) is 0 Å². The number of aromatic nitrogens is 2. The normalized spacial score (nSPS) is 11.8. The number of imidazole rings is 1. The summed E-state index contributed by atoms with van der Waals surface area (Å²) in [5.74, 6) is 0.823. The van der Waals surface area contributed by atoms with Gasteiger partial charge in [0.25, 0.3) is 9.04 Å². The Kier molecular flexibility index (Phi) is 5.14. The van der Waals surface area contributed by atoms with Gasteiger partial charge in [0, 0.05) is 18.3 Å². The van der Waals surface area contributed by atoms with Crippen molar-refractivity contribution in [2.24, 2.45) is 12.0 Å². The van der Waals surface area contributed by atoms with Gasteiger partial charge in [-0.2, -0.15) is 0 Å². The van der Waals surface area contributed by atoms with Crippen molar-refractivity contribution in [1.29, 1.82) is 0 Å². The molecule has 0 unspecified atom stereocenters. The number of rotatable bonds is 5. The van der Waals surface area contributed by atoms with Gasteiger partial charge in [-0.1, -0.05) is 42.5 Å². The number of benzene rings is 2. The molecule has 0 fully saturated rings. The molecule has 127 valence electrons. The molecule has 0 amide bonds. The van der Waals surface area contributed by atoms with Crippen LogP contribution in [0.15, 0.2) is 65.9 Å². The minimum Gasteiger partial charge on any atom is -0.541 e. The molecule has 5 heteroatoms. The minimum absolute atomic E-state index is 0.823. The molecule has 0 spiro atoms. The number of hydrogen-bond donors (Lipinski definition) is 0. The summed E-state index contributed by atoms with van der Waals surface area (Å²) in [7, 11) is 1.13. The van der Waals surface area contributed by atoms with E-state index in [0.717, 1.165) is 34.1 Å². The molecule has 1 aromatic heterocycles. The quantitative estimate of drug-likeness (QED) is 0.502. The lowest BCUT2D eigenvalue weighted by Gasteiger charge is -2.12. The summed E-state index contributed by atoms with van der Waals surface area (Å²) in [4.78, 5) is 9.53. The van der Waals surface area contributed by atoms with Crippen LogP contribution in [-0.2, 0) is 7.05 Å². The van der Waals surface area contributed by atoms with Gasteiger partial charge in [0.05, 0.1) is 12.0 Å². The SMILES string of the molecule is Cc1c(C(=Nc2ccccc2O[Si](C)C)c2ccccc2)ncn1C. The van der Waals surface area contributed by atoms with Crippen molar-refractivity contribution >= 4 is 20.4 Å². The van der Waals surface area contributed by atoms with Crippen LogP contribution in [-0.4, -0.2) is 24.3 Å². The summed E-state index contributed by atoms with van der Waals surface area (Å²) in [6.45, 7) is 6.29. The van der Waals surface area contributed by atoms with Crippen LogP contribution in [0.2, 0.25) is 13.1 Å². The van der Waals surface area contributed by atoms with Gasteiger partial charge < -0.3 is 8.99 Å². The fraction of sp³-hybridized carbons (Fsp3) is 0.200. The molecule has 1 heterocycles. The summed E-state index contributed by atoms with van der Waals surface area (Å²) < 4.78 is 8.03. The van der Waals surface area contributed by atoms with E-state index in [-0.39, 0.29) is 0 Å². The van der Waals surface area contributed by atoms with Gasteiger partial charge in [-0.15, -0.1) is 0 Å². The average Bonchev–Trinajstić information content (AvgIpc) is 2.93. The van der Waals surface area contributed by atoms with Gasteiger partial charge in [-0.25, -0.2) is 9.98 Å². The fourth-order valence-electron chi connectivity index (χ4n) is 2.55. The molecule has 0 aliphatic rings. The zero-order chi connectivity index (χ0) is 17.8. The van der Waals surface area contributed by atoms with Crippen LogP contribution in [0.3, 0.4) is 0 Å². The van der Waals surface area contributed by atoms with Crippen molar-refractivity contribution in [1.82, 2.24) is 9.55 Å². The number of aryl methyl sites for hydroxylation is 1. The van der Waals surface area contributed by atoms with Crippen LogP contribution in [0.25, 0.3) is 0 Å². The first kappa shape index (κ1) is 17.2. The van der Waals surface area contributed by atoms with Crippen molar-refractivity contribution in [3.63, 3.8) is 0 Å². The lowest BCUT2D eigenvalue weighted by molar-refractivity contribution is 0.582. The average molecular weight is 349 g/mol. The second kappa shape index (κ2) is 7.48. The predicted octanol–water partition coefficient (Wildman–Crippen LogP) is 4.53. The Morgan fingerprint density at radius 3 is 2.36 bits per heavy atom. The molecule has 0 atom stereocenters. The van der Waals surface area contributed by atoms with E-state index in [1.807, 2.05) is 60.4 Å². The Hall–Kier alpha value is -2.66. The number of nitrogens with zero attached hydrogens (tertiary/aromatic N) is 3. The van der Waals surface area contributed by atoms with E-state index in [1.54, 1.807) is 0 Å². The Labute approximate surface area is 150 Å². The van der Waals surface area contributed by atoms with Gasteiger partial charge >= 0.3 is 0 Å². The summed E-state index contributed by atoms with van der Waals surface area (Å²) >= 11 is 0. The van der Waals surface area contributed by atoms with Crippen LogP contribution < -0.4 is 4.43 Å². The van der Waals surface area contributed by atoms with Crippen LogP contribution in [0.5, 0.6) is 5.75 Å². The molecule has 25 heavy (non-hydrogen) atoms. The molecule has 0 saturated heterocycles. The number of hydrogen-bond acceptors (Lipinski definition) is 3. The van der Waals surface area contributed by atoms with Crippen molar-refractivity contribution in [2.45, 2.75) is 20.0 Å². The molecule has 4 nitrogen and oxygen atoms in total. The second-order valence-corrected chi connectivity index (χ2v) is 8.11. The van der Waals surface area contributed by atoms with Crippen molar-refractivity contribution < 1.29 is 4.43 Å². The highest BCUT2D eigenvalue weighted by molar-refractivity contribution is 6.49. The standard InChI is InChI=1S/C20H22N3OSi/c1-15-19(21-14-23(15)2)20(16-10-6-5-7-11-16)22-17-12-8-9-13-18(17)24-25(3)4/h5-14H,1-4H3. The zero-order valence-electron chi connectivity index (χ0n) is 15.0. The Morgan fingerprint density at radius 2 is 1.72 bits per heavy atom. The van der Waals surface area contributed by atoms with Gasteiger partial charge in [-0.05, 0) is 32.2 Å². The number of aliphatic imine (C=N–C) groups is 1. The maximum Gasteiger partial charge on any atom is 0.274 e. The highest BCUT2D eigenvalue weighted by Crippen LogP contribution is 2.29. The topological polar surface area (TPSA) is 39.4 Å². The largest absolute Gasteiger partial charge is 0.541 e. The van der Waals surface area contributed by atoms with Crippen molar-refractivity contribution in [3.05, 3.63) is 77.9 Å². The third-order valence-corrected chi connectivity index (χ3v) is 4.54. The first-order valence-corrected chi connectivity index (χ1v) is 10.7. The molecular weight excluding hydrogens is 326 g/mol. The maximum absolute atomic E-state index is 6.02. The molecule has 0 aliphatic heterocycles. The molecule has 0 N–H and O–H groups in total. The van der Waals surface area contributed by atoms with Crippen LogP contribution in [0.1, 0.15) is 17.0 Å². The first-order chi connectivity index (χ1) is 12.1. The minimum atomic E-state index is -0.865. The summed E-state index contributed by atoms with van der Waals surface area (Å²) in [5.41, 5.74) is 4.70. The van der Waals surface area contributed by atoms with Gasteiger partial charge in [0.1, 0.15) is 17.1 Å². The van der Waals surface area contributed by atoms with E-state index in [2.05, 4.69) is 37.1 Å². The molecule has 3 aromatic rings. The van der Waals surface area contributed by atoms with E-state index < -0.39 is 9.04 Å². The summed E-state index contributed by atoms with van der Waals surface area (Å²) in [6.07, 6.45) is 1.82. The molecule has 0 aliphatic carbocycles. The third-order valence-electron chi connectivity index (χ3n) is 3.91. The molecule has 1 radical (unpaired) electrons. The Morgan fingerprint density at radius 1 is 1.04 bits per heavy atom. The van der Waals surface area contributed by atoms with E-state index in [1.165, 1.54) is 0 Å². The molecule has 0 saturated carbocycles. The van der Waals surface area contributed by atoms with E-state index in [9.17, 15) is 0 Å². The second-order valence-electron chi connectivity index (χ2n) is 6.09. The summed E-state index contributed by atoms with van der Waals surface area (Å²) in [6, 6.07) is 18.1. The number of para-hydroxylation sites is 2. The van der Waals surface area contributed by atoms with Gasteiger partial charge in [0.15, 0.2) is 0 Å². The first-order valence-electron chi connectivity index (χ1n) is 8.25. The molecular formula is C20H22N3OSi. The molecule has 2 aromatic carbocycles. The lowest BCUT2D eigenvalue weighted by Crippen LogP contribution is -2.11. The molecule has 3 rings (SSSR count). The Balaban J connectivity index is 2.16. The highest BCUT2D eigenvalue weighted by atomic mass is 28.3. The van der Waals surface area contributed by atoms with Gasteiger partial charge in [0.2, 0.25) is 0 Å². The monoisotopic (exact) mass is 348 g/mol. The van der Waals surface area contributed by atoms with Crippen LogP contribution in [0, 0.1) is 6.92 Å². The Bertz CT molecular complexity index is 885. The van der Waals surface area contributed by atoms with E-state index in [4.69, 9.17) is 9.42 Å². The third kappa shape index (κ3) is 3.88. The maximum atomic E-state index is 6.02. The van der Waals surface area contributed by atoms with Gasteiger partial charge in [-0.3, -0.25) is 0 Å². The lowest BCUT2D eigenvalue weighted by atomic mass is 10.1. The highest BCUT2D eigenvalue weighted by Gasteiger charge is 2.15. The predicted molar refractivity (Wildman–Crippen MR) is 104 cm³/mol. The molecule has 0 bridgehead atoms. The van der Waals surface area contributed by atoms with Crippen LogP contribution in [0.4, 0.5) is 5.69 Å². The zero-order valence-corrected chi connectivity index (χ0v) is 16.0. The van der Waals surface area contributed by atoms with Crippen molar-refractivity contribution in [3.8, 4) is 5.75 Å². The summed E-state index contributed by atoms with van der Waals surface area (Å²) in [5, 5.41) is 0.